The molecule has 14 heteroatoms. The Morgan fingerprint density at radius 1 is 1.05 bits per heavy atom. The van der Waals surface area contributed by atoms with Crippen LogP contribution in [-0.2, 0) is 15.6 Å². The lowest BCUT2D eigenvalue weighted by Crippen LogP contribution is -2.49. The standard InChI is InChI=1S/C26H28FN7O5S/c1-16-7-17(10-28-9-16)25-32-31-23(34(25)24-21(38-2)5-4-6-22(24)39-3)15-40(36,37)20-8-19(35)13-33(14-20)26-29-11-18(27)12-30-26/h4-7,9-12,19-20,35H,8,13-15H2,1-3H3/t19-,20+/m1/s1. The van der Waals surface area contributed by atoms with Crippen LogP contribution in [0.1, 0.15) is 17.8 Å². The van der Waals surface area contributed by atoms with Crippen LogP contribution in [0.25, 0.3) is 17.1 Å². The molecule has 40 heavy (non-hydrogen) atoms. The Kier molecular flexibility index (Phi) is 7.63. The quantitative estimate of drug-likeness (QED) is 0.333. The second-order valence-electron chi connectivity index (χ2n) is 9.46. The van der Waals surface area contributed by atoms with Gasteiger partial charge in [-0.05, 0) is 37.1 Å². The molecule has 0 amide bonds. The van der Waals surface area contributed by atoms with E-state index in [-0.39, 0.29) is 31.3 Å². The Morgan fingerprint density at radius 2 is 1.75 bits per heavy atom. The maximum absolute atomic E-state index is 13.8. The number of methoxy groups -OCH3 is 2. The topological polar surface area (TPSA) is 145 Å². The highest BCUT2D eigenvalue weighted by molar-refractivity contribution is 7.91. The van der Waals surface area contributed by atoms with Gasteiger partial charge >= 0.3 is 0 Å². The number of anilines is 1. The number of aliphatic hydroxyl groups excluding tert-OH is 1. The van der Waals surface area contributed by atoms with Gasteiger partial charge in [0.1, 0.15) is 22.9 Å². The first-order chi connectivity index (χ1) is 19.2. The highest BCUT2D eigenvalue weighted by Gasteiger charge is 2.37. The molecule has 1 aromatic carbocycles. The molecular formula is C26H28FN7O5S. The molecule has 1 aliphatic heterocycles. The lowest BCUT2D eigenvalue weighted by Gasteiger charge is -2.35. The summed E-state index contributed by atoms with van der Waals surface area (Å²) >= 11 is 0. The minimum absolute atomic E-state index is 0.0147. The van der Waals surface area contributed by atoms with E-state index in [0.717, 1.165) is 18.0 Å². The number of hydrogen-bond acceptors (Lipinski definition) is 11. The molecule has 3 aromatic heterocycles. The lowest BCUT2D eigenvalue weighted by molar-refractivity contribution is 0.154. The van der Waals surface area contributed by atoms with Crippen molar-refractivity contribution in [2.24, 2.45) is 0 Å². The van der Waals surface area contributed by atoms with Crippen LogP contribution in [0.5, 0.6) is 11.5 Å². The number of para-hydroxylation sites is 1. The summed E-state index contributed by atoms with van der Waals surface area (Å²) in [5, 5.41) is 18.2. The molecule has 0 radical (unpaired) electrons. The fraction of sp³-hybridized carbons (Fsp3) is 0.346. The number of aryl methyl sites for hydroxylation is 1. The molecule has 4 aromatic rings. The fourth-order valence-corrected chi connectivity index (χ4v) is 6.48. The molecule has 1 saturated heterocycles. The van der Waals surface area contributed by atoms with Crippen LogP contribution in [-0.4, -0.2) is 81.9 Å². The molecule has 0 saturated carbocycles. The Bertz CT molecular complexity index is 1590. The summed E-state index contributed by atoms with van der Waals surface area (Å²) in [6.45, 7) is 2.03. The number of nitrogens with zero attached hydrogens (tertiary/aromatic N) is 7. The van der Waals surface area contributed by atoms with Crippen molar-refractivity contribution in [1.82, 2.24) is 29.7 Å². The number of rotatable bonds is 8. The van der Waals surface area contributed by atoms with Gasteiger partial charge in [0, 0.05) is 31.0 Å². The van der Waals surface area contributed by atoms with E-state index >= 15 is 0 Å². The van der Waals surface area contributed by atoms with E-state index in [0.29, 0.717) is 28.6 Å². The zero-order chi connectivity index (χ0) is 28.4. The largest absolute Gasteiger partial charge is 0.494 e. The second-order valence-corrected chi connectivity index (χ2v) is 11.7. The minimum atomic E-state index is -3.92. The summed E-state index contributed by atoms with van der Waals surface area (Å²) in [6, 6.07) is 7.08. The number of halogens is 1. The van der Waals surface area contributed by atoms with Crippen molar-refractivity contribution in [2.45, 2.75) is 30.5 Å². The zero-order valence-electron chi connectivity index (χ0n) is 22.1. The van der Waals surface area contributed by atoms with E-state index < -0.39 is 32.8 Å². The van der Waals surface area contributed by atoms with Gasteiger partial charge in [-0.1, -0.05) is 6.07 Å². The van der Waals surface area contributed by atoms with Gasteiger partial charge in [-0.15, -0.1) is 10.2 Å². The first kappa shape index (κ1) is 27.4. The molecule has 0 unspecified atom stereocenters. The highest BCUT2D eigenvalue weighted by Crippen LogP contribution is 2.37. The summed E-state index contributed by atoms with van der Waals surface area (Å²) in [5.41, 5.74) is 1.94. The smallest absolute Gasteiger partial charge is 0.225 e. The van der Waals surface area contributed by atoms with Crippen molar-refractivity contribution in [3.8, 4) is 28.6 Å². The van der Waals surface area contributed by atoms with Crippen LogP contribution in [0.15, 0.2) is 49.1 Å². The Labute approximate surface area is 230 Å². The van der Waals surface area contributed by atoms with Gasteiger partial charge in [0.05, 0.1) is 38.0 Å². The van der Waals surface area contributed by atoms with E-state index in [1.807, 2.05) is 13.0 Å². The van der Waals surface area contributed by atoms with E-state index in [2.05, 4.69) is 25.1 Å². The Hall–Kier alpha value is -4.17. The van der Waals surface area contributed by atoms with E-state index in [1.165, 1.54) is 19.1 Å². The number of ether oxygens (including phenoxy) is 2. The highest BCUT2D eigenvalue weighted by atomic mass is 32.2. The molecule has 210 valence electrons. The molecule has 0 bridgehead atoms. The molecule has 2 atom stereocenters. The third-order valence-corrected chi connectivity index (χ3v) is 8.62. The number of sulfone groups is 1. The van der Waals surface area contributed by atoms with Crippen LogP contribution >= 0.6 is 0 Å². The summed E-state index contributed by atoms with van der Waals surface area (Å²) in [6.07, 6.45) is 4.37. The molecule has 1 N–H and O–H groups in total. The average Bonchev–Trinajstić information content (AvgIpc) is 3.34. The predicted octanol–water partition coefficient (Wildman–Crippen LogP) is 2.14. The Balaban J connectivity index is 1.57. The maximum Gasteiger partial charge on any atom is 0.225 e. The van der Waals surface area contributed by atoms with Crippen LogP contribution in [0.3, 0.4) is 0 Å². The van der Waals surface area contributed by atoms with Crippen LogP contribution in [0.2, 0.25) is 0 Å². The molecule has 4 heterocycles. The van der Waals surface area contributed by atoms with Gasteiger partial charge in [0.2, 0.25) is 5.95 Å². The molecular weight excluding hydrogens is 541 g/mol. The van der Waals surface area contributed by atoms with Gasteiger partial charge in [0.15, 0.2) is 27.3 Å². The Morgan fingerprint density at radius 3 is 2.40 bits per heavy atom. The number of β-amino-alcohol motifs (C(OH)–C–C–N with tert-alkyl or cyclic N) is 1. The van der Waals surface area contributed by atoms with E-state index in [1.54, 1.807) is 35.2 Å². The predicted molar refractivity (Wildman–Crippen MR) is 144 cm³/mol. The number of aromatic nitrogens is 6. The molecule has 0 spiro atoms. The average molecular weight is 570 g/mol. The number of benzene rings is 1. The maximum atomic E-state index is 13.8. The van der Waals surface area contributed by atoms with Crippen molar-refractivity contribution in [2.75, 3.05) is 32.2 Å². The normalized spacial score (nSPS) is 17.6. The van der Waals surface area contributed by atoms with Gasteiger partial charge in [-0.25, -0.2) is 22.8 Å². The van der Waals surface area contributed by atoms with Gasteiger partial charge in [-0.2, -0.15) is 0 Å². The first-order valence-corrected chi connectivity index (χ1v) is 14.1. The number of hydrogen-bond donors (Lipinski definition) is 1. The summed E-state index contributed by atoms with van der Waals surface area (Å²) < 4.78 is 53.8. The van der Waals surface area contributed by atoms with Crippen molar-refractivity contribution < 1.29 is 27.4 Å². The van der Waals surface area contributed by atoms with Crippen LogP contribution < -0.4 is 14.4 Å². The van der Waals surface area contributed by atoms with E-state index in [4.69, 9.17) is 9.47 Å². The van der Waals surface area contributed by atoms with Crippen molar-refractivity contribution in [1.29, 1.82) is 0 Å². The van der Waals surface area contributed by atoms with E-state index in [9.17, 15) is 17.9 Å². The first-order valence-electron chi connectivity index (χ1n) is 12.4. The summed E-state index contributed by atoms with van der Waals surface area (Å²) in [4.78, 5) is 13.7. The fourth-order valence-electron chi connectivity index (χ4n) is 4.78. The summed E-state index contributed by atoms with van der Waals surface area (Å²) in [7, 11) is -0.912. The van der Waals surface area contributed by atoms with Crippen LogP contribution in [0, 0.1) is 12.7 Å². The van der Waals surface area contributed by atoms with Crippen LogP contribution in [0.4, 0.5) is 10.3 Å². The summed E-state index contributed by atoms with van der Waals surface area (Å²) in [5.74, 6) is 0.362. The third kappa shape index (κ3) is 5.45. The van der Waals surface area contributed by atoms with Gasteiger partial charge in [-0.3, -0.25) is 9.55 Å². The molecule has 1 aliphatic rings. The van der Waals surface area contributed by atoms with Gasteiger partial charge < -0.3 is 19.5 Å². The number of piperidine rings is 1. The number of pyridine rings is 1. The lowest BCUT2D eigenvalue weighted by atomic mass is 10.1. The van der Waals surface area contributed by atoms with Crippen molar-refractivity contribution in [3.05, 3.63) is 66.3 Å². The minimum Gasteiger partial charge on any atom is -0.494 e. The van der Waals surface area contributed by atoms with Crippen molar-refractivity contribution in [3.63, 3.8) is 0 Å². The third-order valence-electron chi connectivity index (χ3n) is 6.61. The number of aliphatic hydroxyl groups is 1. The molecule has 1 fully saturated rings. The SMILES string of the molecule is COc1cccc(OC)c1-n1c(CS(=O)(=O)[C@H]2C[C@@H](O)CN(c3ncc(F)cn3)C2)nnc1-c1cncc(C)c1. The molecule has 12 nitrogen and oxygen atoms in total. The monoisotopic (exact) mass is 569 g/mol. The molecule has 0 aliphatic carbocycles. The molecule has 5 rings (SSSR count). The second kappa shape index (κ2) is 11.1. The van der Waals surface area contributed by atoms with Gasteiger partial charge in [0.25, 0.3) is 0 Å². The zero-order valence-corrected chi connectivity index (χ0v) is 22.9. The van der Waals surface area contributed by atoms with Crippen molar-refractivity contribution >= 4 is 15.8 Å².